The molecule has 2 saturated heterocycles. The van der Waals surface area contributed by atoms with E-state index in [0.29, 0.717) is 37.6 Å². The van der Waals surface area contributed by atoms with Gasteiger partial charge in [-0.2, -0.15) is 0 Å². The number of nitrogens with zero attached hydrogens (tertiary/aromatic N) is 3. The van der Waals surface area contributed by atoms with Gasteiger partial charge >= 0.3 is 6.09 Å². The van der Waals surface area contributed by atoms with Gasteiger partial charge in [0.1, 0.15) is 11.9 Å². The van der Waals surface area contributed by atoms with Gasteiger partial charge in [-0.3, -0.25) is 19.5 Å². The highest BCUT2D eigenvalue weighted by Gasteiger charge is 2.35. The summed E-state index contributed by atoms with van der Waals surface area (Å²) >= 11 is 0. The number of rotatable bonds is 5. The van der Waals surface area contributed by atoms with E-state index in [1.54, 1.807) is 17.1 Å². The summed E-state index contributed by atoms with van der Waals surface area (Å²) in [6.45, 7) is 3.96. The highest BCUT2D eigenvalue weighted by molar-refractivity contribution is 5.90. The lowest BCUT2D eigenvalue weighted by Gasteiger charge is -2.24. The van der Waals surface area contributed by atoms with Gasteiger partial charge < -0.3 is 15.0 Å². The van der Waals surface area contributed by atoms with Gasteiger partial charge in [0.2, 0.25) is 11.8 Å². The van der Waals surface area contributed by atoms with Gasteiger partial charge in [-0.1, -0.05) is 0 Å². The molecule has 1 saturated carbocycles. The molecule has 2 heterocycles. The minimum Gasteiger partial charge on any atom is -0.442 e. The summed E-state index contributed by atoms with van der Waals surface area (Å²) in [5, 5.41) is 4.27. The first-order chi connectivity index (χ1) is 14.4. The van der Waals surface area contributed by atoms with Crippen molar-refractivity contribution in [3.8, 4) is 0 Å². The minimum absolute atomic E-state index is 0.119. The zero-order chi connectivity index (χ0) is 21.3. The van der Waals surface area contributed by atoms with Gasteiger partial charge in [0.15, 0.2) is 0 Å². The van der Waals surface area contributed by atoms with E-state index >= 15 is 0 Å². The Morgan fingerprint density at radius 3 is 2.77 bits per heavy atom. The number of hydrazine groups is 1. The summed E-state index contributed by atoms with van der Waals surface area (Å²) in [4.78, 5) is 38.7. The van der Waals surface area contributed by atoms with Crippen LogP contribution in [0.2, 0.25) is 0 Å². The van der Waals surface area contributed by atoms with Crippen molar-refractivity contribution in [2.24, 2.45) is 5.92 Å². The average Bonchev–Trinajstić information content (AvgIpc) is 3.52. The van der Waals surface area contributed by atoms with Gasteiger partial charge in [0.05, 0.1) is 31.0 Å². The molecule has 0 radical (unpaired) electrons. The quantitative estimate of drug-likeness (QED) is 0.735. The van der Waals surface area contributed by atoms with Gasteiger partial charge in [-0.05, 0) is 31.0 Å². The zero-order valence-corrected chi connectivity index (χ0v) is 16.9. The number of hydrogen-bond acceptors (Lipinski definition) is 6. The molecule has 1 atom stereocenters. The van der Waals surface area contributed by atoms with Crippen molar-refractivity contribution in [3.05, 3.63) is 24.0 Å². The summed E-state index contributed by atoms with van der Waals surface area (Å²) in [5.74, 6) is -0.388. The highest BCUT2D eigenvalue weighted by Crippen LogP contribution is 2.31. The fourth-order valence-corrected chi connectivity index (χ4v) is 3.73. The van der Waals surface area contributed by atoms with Crippen LogP contribution in [-0.4, -0.2) is 68.3 Å². The van der Waals surface area contributed by atoms with E-state index in [1.807, 2.05) is 4.90 Å². The number of anilines is 2. The first-order valence-electron chi connectivity index (χ1n) is 10.2. The van der Waals surface area contributed by atoms with Crippen LogP contribution in [-0.2, 0) is 14.3 Å². The molecule has 2 N–H and O–H groups in total. The molecule has 0 aromatic heterocycles. The predicted molar refractivity (Wildman–Crippen MR) is 107 cm³/mol. The fourth-order valence-electron chi connectivity index (χ4n) is 3.73. The van der Waals surface area contributed by atoms with Crippen molar-refractivity contribution in [2.75, 3.05) is 49.1 Å². The number of halogens is 1. The molecule has 0 spiro atoms. The van der Waals surface area contributed by atoms with E-state index in [9.17, 15) is 18.8 Å². The average molecular weight is 419 g/mol. The SMILES string of the molecule is CC(=O)NC[C@H]1CN(c2ccc(N3CCNN(C(=O)C4CC4)CC3)c(F)c2)C(=O)O1. The third-order valence-electron chi connectivity index (χ3n) is 5.51. The van der Waals surface area contributed by atoms with Crippen LogP contribution in [0.1, 0.15) is 19.8 Å². The minimum atomic E-state index is -0.564. The first-order valence-corrected chi connectivity index (χ1v) is 10.2. The Hall–Kier alpha value is -2.88. The second-order valence-electron chi connectivity index (χ2n) is 7.85. The molecule has 3 amide bonds. The topological polar surface area (TPSA) is 94.2 Å². The van der Waals surface area contributed by atoms with Crippen LogP contribution in [0.3, 0.4) is 0 Å². The molecule has 3 aliphatic rings. The molecular formula is C20H26FN5O4. The third-order valence-corrected chi connectivity index (χ3v) is 5.51. The van der Waals surface area contributed by atoms with Gasteiger partial charge in [-0.25, -0.2) is 14.6 Å². The Labute approximate surface area is 174 Å². The molecule has 9 nitrogen and oxygen atoms in total. The van der Waals surface area contributed by atoms with Crippen molar-refractivity contribution in [3.63, 3.8) is 0 Å². The van der Waals surface area contributed by atoms with E-state index < -0.39 is 18.0 Å². The van der Waals surface area contributed by atoms with Crippen LogP contribution < -0.4 is 20.5 Å². The predicted octanol–water partition coefficient (Wildman–Crippen LogP) is 0.850. The molecule has 10 heteroatoms. The summed E-state index contributed by atoms with van der Waals surface area (Å²) in [5.41, 5.74) is 3.97. The molecule has 0 bridgehead atoms. The van der Waals surface area contributed by atoms with Gasteiger partial charge in [0.25, 0.3) is 0 Å². The van der Waals surface area contributed by atoms with Crippen molar-refractivity contribution < 1.29 is 23.5 Å². The van der Waals surface area contributed by atoms with E-state index in [4.69, 9.17) is 4.74 Å². The Morgan fingerprint density at radius 1 is 1.27 bits per heavy atom. The summed E-state index contributed by atoms with van der Waals surface area (Å²) in [6, 6.07) is 4.66. The number of ether oxygens (including phenoxy) is 1. The lowest BCUT2D eigenvalue weighted by molar-refractivity contribution is -0.135. The molecule has 4 rings (SSSR count). The summed E-state index contributed by atoms with van der Waals surface area (Å²) in [6.07, 6.45) is 0.851. The normalized spacial score (nSPS) is 22.0. The molecular weight excluding hydrogens is 393 g/mol. The highest BCUT2D eigenvalue weighted by atomic mass is 19.1. The smallest absolute Gasteiger partial charge is 0.414 e. The molecule has 0 unspecified atom stereocenters. The standard InChI is InChI=1S/C20H26FN5O4/c1-13(27)22-11-16-12-25(20(29)30-16)15-4-5-18(17(21)10-15)24-7-6-23-26(9-8-24)19(28)14-2-3-14/h4-5,10,14,16,23H,2-3,6-9,11-12H2,1H3,(H,22,27)/t16-/m0/s1. The second-order valence-corrected chi connectivity index (χ2v) is 7.85. The molecule has 1 aromatic rings. The van der Waals surface area contributed by atoms with Crippen molar-refractivity contribution in [1.82, 2.24) is 15.8 Å². The van der Waals surface area contributed by atoms with Gasteiger partial charge in [-0.15, -0.1) is 0 Å². The van der Waals surface area contributed by atoms with Gasteiger partial charge in [0, 0.05) is 32.5 Å². The largest absolute Gasteiger partial charge is 0.442 e. The summed E-state index contributed by atoms with van der Waals surface area (Å²) in [7, 11) is 0. The second kappa shape index (κ2) is 8.47. The number of nitrogens with one attached hydrogen (secondary N) is 2. The maximum absolute atomic E-state index is 14.9. The van der Waals surface area contributed by atoms with Crippen LogP contribution in [0.4, 0.5) is 20.6 Å². The lowest BCUT2D eigenvalue weighted by atomic mass is 10.2. The summed E-state index contributed by atoms with van der Waals surface area (Å²) < 4.78 is 20.1. The third kappa shape index (κ3) is 4.48. The van der Waals surface area contributed by atoms with E-state index in [0.717, 1.165) is 12.8 Å². The van der Waals surface area contributed by atoms with Crippen molar-refractivity contribution in [1.29, 1.82) is 0 Å². The van der Waals surface area contributed by atoms with Crippen molar-refractivity contribution in [2.45, 2.75) is 25.9 Å². The molecule has 162 valence electrons. The van der Waals surface area contributed by atoms with E-state index in [-0.39, 0.29) is 30.8 Å². The zero-order valence-electron chi connectivity index (χ0n) is 16.9. The molecule has 1 aromatic carbocycles. The Morgan fingerprint density at radius 2 is 2.07 bits per heavy atom. The van der Waals surface area contributed by atoms with E-state index in [1.165, 1.54) is 17.9 Å². The van der Waals surface area contributed by atoms with Crippen LogP contribution >= 0.6 is 0 Å². The van der Waals surface area contributed by atoms with E-state index in [2.05, 4.69) is 10.7 Å². The number of cyclic esters (lactones) is 1. The maximum atomic E-state index is 14.9. The Kier molecular flexibility index (Phi) is 5.76. The van der Waals surface area contributed by atoms with Crippen molar-refractivity contribution >= 4 is 29.3 Å². The maximum Gasteiger partial charge on any atom is 0.414 e. The molecule has 3 fully saturated rings. The van der Waals surface area contributed by atoms with Crippen LogP contribution in [0.25, 0.3) is 0 Å². The molecule has 2 aliphatic heterocycles. The fraction of sp³-hybridized carbons (Fsp3) is 0.550. The van der Waals surface area contributed by atoms with Crippen LogP contribution in [0.5, 0.6) is 0 Å². The first kappa shape index (κ1) is 20.4. The number of hydrogen-bond donors (Lipinski definition) is 2. The number of carbonyl (C=O) groups is 3. The van der Waals surface area contributed by atoms with Crippen LogP contribution in [0, 0.1) is 11.7 Å². The Balaban J connectivity index is 1.40. The number of amides is 3. The Bertz CT molecular complexity index is 846. The monoisotopic (exact) mass is 419 g/mol. The number of carbonyl (C=O) groups excluding carboxylic acids is 3. The molecule has 30 heavy (non-hydrogen) atoms. The number of benzene rings is 1. The molecule has 1 aliphatic carbocycles. The lowest BCUT2D eigenvalue weighted by Crippen LogP contribution is -2.44. The van der Waals surface area contributed by atoms with Crippen LogP contribution in [0.15, 0.2) is 18.2 Å².